The van der Waals surface area contributed by atoms with Crippen molar-refractivity contribution in [3.8, 4) is 0 Å². The van der Waals surface area contributed by atoms with Crippen LogP contribution in [0.4, 0.5) is 0 Å². The highest BCUT2D eigenvalue weighted by molar-refractivity contribution is 9.10. The molecule has 3 aromatic heterocycles. The minimum atomic E-state index is -0.744. The third kappa shape index (κ3) is 6.38. The number of aryl methyl sites for hydroxylation is 1. The Hall–Kier alpha value is -4.06. The molecule has 0 aliphatic carbocycles. The zero-order chi connectivity index (χ0) is 31.7. The van der Waals surface area contributed by atoms with Crippen molar-refractivity contribution in [2.45, 2.75) is 49.9 Å². The van der Waals surface area contributed by atoms with Crippen molar-refractivity contribution in [1.82, 2.24) is 14.5 Å². The van der Waals surface area contributed by atoms with Crippen LogP contribution in [0.5, 0.6) is 0 Å². The Bertz CT molecular complexity index is 2100. The molecule has 4 heterocycles. The highest BCUT2D eigenvalue weighted by Gasteiger charge is 2.35. The fraction of sp³-hybridized carbons (Fsp3) is 0.206. The number of thiazole rings is 1. The quantitative estimate of drug-likeness (QED) is 0.132. The van der Waals surface area contributed by atoms with Gasteiger partial charge in [-0.3, -0.25) is 9.36 Å². The Labute approximate surface area is 276 Å². The number of rotatable bonds is 8. The van der Waals surface area contributed by atoms with E-state index in [1.165, 1.54) is 23.1 Å². The Morgan fingerprint density at radius 1 is 1.16 bits per heavy atom. The van der Waals surface area contributed by atoms with Gasteiger partial charge in [0.2, 0.25) is 0 Å². The third-order valence-electron chi connectivity index (χ3n) is 7.20. The monoisotopic (exact) mass is 700 g/mol. The van der Waals surface area contributed by atoms with Gasteiger partial charge in [0.1, 0.15) is 5.76 Å². The van der Waals surface area contributed by atoms with Crippen LogP contribution >= 0.6 is 39.0 Å². The van der Waals surface area contributed by atoms with Gasteiger partial charge in [-0.2, -0.15) is 0 Å². The lowest BCUT2D eigenvalue weighted by molar-refractivity contribution is -0.138. The summed E-state index contributed by atoms with van der Waals surface area (Å²) in [6.45, 7) is 8.11. The second kappa shape index (κ2) is 13.1. The summed E-state index contributed by atoms with van der Waals surface area (Å²) in [4.78, 5) is 42.0. The molecule has 45 heavy (non-hydrogen) atoms. The van der Waals surface area contributed by atoms with Gasteiger partial charge in [0.15, 0.2) is 15.1 Å². The topological polar surface area (TPSA) is 99.6 Å². The summed E-state index contributed by atoms with van der Waals surface area (Å²) in [7, 11) is 0. The van der Waals surface area contributed by atoms with Gasteiger partial charge in [-0.05, 0) is 70.7 Å². The lowest BCUT2D eigenvalue weighted by Gasteiger charge is -2.26. The van der Waals surface area contributed by atoms with Crippen molar-refractivity contribution in [1.29, 1.82) is 0 Å². The van der Waals surface area contributed by atoms with Crippen LogP contribution in [-0.4, -0.2) is 27.1 Å². The number of nitrogens with zero attached hydrogens (tertiary/aromatic N) is 4. The molecule has 0 unspecified atom stereocenters. The van der Waals surface area contributed by atoms with Crippen molar-refractivity contribution in [3.63, 3.8) is 0 Å². The fourth-order valence-electron chi connectivity index (χ4n) is 5.02. The second-order valence-electron chi connectivity index (χ2n) is 10.6. The van der Waals surface area contributed by atoms with E-state index in [9.17, 15) is 9.59 Å². The first kappa shape index (κ1) is 30.9. The van der Waals surface area contributed by atoms with Gasteiger partial charge in [-0.1, -0.05) is 79.8 Å². The average Bonchev–Trinajstić information content (AvgIpc) is 3.53. The van der Waals surface area contributed by atoms with E-state index >= 15 is 0 Å². The van der Waals surface area contributed by atoms with Crippen LogP contribution in [0, 0.1) is 6.92 Å². The molecule has 0 N–H and O–H groups in total. The molecule has 0 amide bonds. The third-order valence-corrected chi connectivity index (χ3v) is 9.90. The van der Waals surface area contributed by atoms with E-state index in [2.05, 4.69) is 39.7 Å². The number of esters is 1. The molecule has 1 aliphatic rings. The first-order valence-corrected chi connectivity index (χ1v) is 16.8. The van der Waals surface area contributed by atoms with Crippen LogP contribution in [0.1, 0.15) is 60.9 Å². The number of carbonyl (C=O) groups is 1. The number of hydrogen-bond acceptors (Lipinski definition) is 9. The maximum absolute atomic E-state index is 14.2. The average molecular weight is 702 g/mol. The van der Waals surface area contributed by atoms with Gasteiger partial charge in [-0.15, -0.1) is 0 Å². The van der Waals surface area contributed by atoms with Crippen LogP contribution in [0.2, 0.25) is 0 Å². The lowest BCUT2D eigenvalue weighted by atomic mass is 9.91. The molecule has 0 bridgehead atoms. The number of ether oxygens (including phenoxy) is 1. The highest BCUT2D eigenvalue weighted by Crippen LogP contribution is 2.36. The van der Waals surface area contributed by atoms with Gasteiger partial charge in [-0.25, -0.2) is 19.8 Å². The Morgan fingerprint density at radius 2 is 1.91 bits per heavy atom. The molecule has 1 atom stereocenters. The van der Waals surface area contributed by atoms with Gasteiger partial charge in [0, 0.05) is 23.5 Å². The minimum absolute atomic E-state index is 0.190. The van der Waals surface area contributed by atoms with Crippen LogP contribution in [-0.2, 0) is 9.53 Å². The van der Waals surface area contributed by atoms with E-state index in [4.69, 9.17) is 14.1 Å². The number of fused-ring (bicyclic) bond motifs is 1. The zero-order valence-electron chi connectivity index (χ0n) is 25.0. The number of benzene rings is 2. The van der Waals surface area contributed by atoms with Crippen LogP contribution in [0.15, 0.2) is 107 Å². The van der Waals surface area contributed by atoms with Crippen molar-refractivity contribution in [3.05, 3.63) is 131 Å². The first-order chi connectivity index (χ1) is 21.7. The van der Waals surface area contributed by atoms with E-state index < -0.39 is 12.0 Å². The first-order valence-electron chi connectivity index (χ1n) is 14.4. The molecule has 0 saturated heterocycles. The summed E-state index contributed by atoms with van der Waals surface area (Å²) in [5.74, 6) is 0.296. The number of carbonyl (C=O) groups excluding carboxylic acids is 1. The van der Waals surface area contributed by atoms with Crippen LogP contribution < -0.4 is 14.9 Å². The summed E-state index contributed by atoms with van der Waals surface area (Å²) in [5, 5.41) is 1.12. The van der Waals surface area contributed by atoms with E-state index in [0.717, 1.165) is 26.9 Å². The molecule has 0 spiro atoms. The number of hydrogen-bond donors (Lipinski definition) is 0. The zero-order valence-corrected chi connectivity index (χ0v) is 28.2. The molecule has 8 nitrogen and oxygen atoms in total. The Balaban J connectivity index is 1.53. The molecule has 5 aromatic rings. The van der Waals surface area contributed by atoms with Gasteiger partial charge >= 0.3 is 5.97 Å². The number of halogens is 1. The van der Waals surface area contributed by atoms with Crippen LogP contribution in [0.3, 0.4) is 0 Å². The normalized spacial score (nSPS) is 14.9. The van der Waals surface area contributed by atoms with E-state index in [0.29, 0.717) is 42.5 Å². The molecule has 0 radical (unpaired) electrons. The summed E-state index contributed by atoms with van der Waals surface area (Å²) >= 11 is 6.09. The lowest BCUT2D eigenvalue weighted by Crippen LogP contribution is -2.40. The number of furan rings is 1. The summed E-state index contributed by atoms with van der Waals surface area (Å²) < 4.78 is 14.4. The summed E-state index contributed by atoms with van der Waals surface area (Å²) in [5.41, 5.74) is 4.07. The molecule has 2 aromatic carbocycles. The van der Waals surface area contributed by atoms with E-state index in [1.807, 2.05) is 67.6 Å². The fourth-order valence-corrected chi connectivity index (χ4v) is 7.31. The molecule has 228 valence electrons. The maximum Gasteiger partial charge on any atom is 0.338 e. The molecule has 0 saturated carbocycles. The van der Waals surface area contributed by atoms with Crippen LogP contribution in [0.25, 0.3) is 11.8 Å². The molecule has 11 heteroatoms. The minimum Gasteiger partial charge on any atom is -0.463 e. The van der Waals surface area contributed by atoms with Crippen molar-refractivity contribution in [2.75, 3.05) is 6.61 Å². The van der Waals surface area contributed by atoms with Gasteiger partial charge in [0.25, 0.3) is 5.56 Å². The maximum atomic E-state index is 14.2. The standard InChI is InChI=1S/C34H29BrN4O4S2/c1-5-42-31(41)27-28(22-9-7-6-8-10-22)38-34-39(29(27)23-13-11-21(12-14-23)19(2)3)30(40)26(44-34)18-24-17-25(35)32(43-24)45-33-36-16-15-20(4)37-33/h6-19,29H,5H2,1-4H3/b26-18+/t29-/m1/s1. The molecule has 0 fully saturated rings. The van der Waals surface area contributed by atoms with Gasteiger partial charge in [0.05, 0.1) is 32.9 Å². The van der Waals surface area contributed by atoms with Crippen molar-refractivity contribution >= 4 is 56.8 Å². The van der Waals surface area contributed by atoms with E-state index in [-0.39, 0.29) is 12.2 Å². The van der Waals surface area contributed by atoms with E-state index in [1.54, 1.807) is 29.8 Å². The molecule has 1 aliphatic heterocycles. The molecular formula is C34H29BrN4O4S2. The molecule has 6 rings (SSSR count). The Kier molecular flexibility index (Phi) is 9.02. The summed E-state index contributed by atoms with van der Waals surface area (Å²) in [6.07, 6.45) is 3.40. The second-order valence-corrected chi connectivity index (χ2v) is 13.4. The smallest absolute Gasteiger partial charge is 0.338 e. The van der Waals surface area contributed by atoms with Gasteiger partial charge < -0.3 is 9.15 Å². The Morgan fingerprint density at radius 3 is 2.60 bits per heavy atom. The summed E-state index contributed by atoms with van der Waals surface area (Å²) in [6, 6.07) is 20.4. The molecular weight excluding hydrogens is 672 g/mol. The SMILES string of the molecule is CCOC(=O)C1=C(c2ccccc2)N=c2s/c(=C/c3cc(Br)c(Sc4nccc(C)n4)o3)c(=O)n2[C@@H]1c1ccc(C(C)C)cc1. The van der Waals surface area contributed by atoms with Crippen molar-refractivity contribution in [2.24, 2.45) is 4.99 Å². The predicted molar refractivity (Wildman–Crippen MR) is 179 cm³/mol. The predicted octanol–water partition coefficient (Wildman–Crippen LogP) is 6.66. The number of aromatic nitrogens is 3. The highest BCUT2D eigenvalue weighted by atomic mass is 79.9. The largest absolute Gasteiger partial charge is 0.463 e. The van der Waals surface area contributed by atoms with Crippen molar-refractivity contribution < 1.29 is 13.9 Å².